The molecule has 1 atom stereocenters. The number of thiophene rings is 1. The zero-order chi connectivity index (χ0) is 15.4. The van der Waals surface area contributed by atoms with Gasteiger partial charge in [0.1, 0.15) is 5.75 Å². The zero-order valence-electron chi connectivity index (χ0n) is 12.4. The molecule has 0 saturated heterocycles. The van der Waals surface area contributed by atoms with Gasteiger partial charge in [0, 0.05) is 24.8 Å². The maximum Gasteiger partial charge on any atom is 0.124 e. The molecule has 1 N–H and O–H groups in total. The topological polar surface area (TPSA) is 21.3 Å². The minimum Gasteiger partial charge on any atom is -0.496 e. The van der Waals surface area contributed by atoms with Crippen LogP contribution in [0.15, 0.2) is 28.7 Å². The van der Waals surface area contributed by atoms with Gasteiger partial charge in [-0.15, -0.1) is 11.3 Å². The van der Waals surface area contributed by atoms with Gasteiger partial charge in [-0.05, 0) is 60.1 Å². The highest BCUT2D eigenvalue weighted by Gasteiger charge is 2.20. The molecule has 0 aliphatic heterocycles. The van der Waals surface area contributed by atoms with E-state index in [0.717, 1.165) is 33.8 Å². The average molecular weight is 389 g/mol. The zero-order valence-corrected chi connectivity index (χ0v) is 15.5. The standard InChI is InChI=1S/C16H19BrClNOS/c1-4-7-19-16(15-9-13(17)10(2)21-15)12-8-11(18)5-6-14(12)20-3/h5-6,8-9,16,19H,4,7H2,1-3H3. The lowest BCUT2D eigenvalue weighted by atomic mass is 10.0. The summed E-state index contributed by atoms with van der Waals surface area (Å²) in [5.41, 5.74) is 1.08. The first-order chi connectivity index (χ1) is 10.1. The van der Waals surface area contributed by atoms with Crippen LogP contribution in [-0.4, -0.2) is 13.7 Å². The Hall–Kier alpha value is -0.550. The van der Waals surface area contributed by atoms with E-state index in [4.69, 9.17) is 16.3 Å². The van der Waals surface area contributed by atoms with Gasteiger partial charge in [0.05, 0.1) is 13.2 Å². The Kier molecular flexibility index (Phi) is 6.11. The van der Waals surface area contributed by atoms with E-state index >= 15 is 0 Å². The Morgan fingerprint density at radius 3 is 2.71 bits per heavy atom. The van der Waals surface area contributed by atoms with Crippen molar-refractivity contribution in [1.82, 2.24) is 5.32 Å². The lowest BCUT2D eigenvalue weighted by molar-refractivity contribution is 0.404. The van der Waals surface area contributed by atoms with Crippen molar-refractivity contribution in [3.63, 3.8) is 0 Å². The van der Waals surface area contributed by atoms with E-state index in [0.29, 0.717) is 0 Å². The molecule has 2 nitrogen and oxygen atoms in total. The summed E-state index contributed by atoms with van der Waals surface area (Å²) < 4.78 is 6.66. The second kappa shape index (κ2) is 7.63. The molecule has 0 spiro atoms. The van der Waals surface area contributed by atoms with E-state index in [1.54, 1.807) is 18.4 Å². The quantitative estimate of drug-likeness (QED) is 0.698. The summed E-state index contributed by atoms with van der Waals surface area (Å²) >= 11 is 11.6. The van der Waals surface area contributed by atoms with Gasteiger partial charge in [0.25, 0.3) is 0 Å². The smallest absolute Gasteiger partial charge is 0.124 e. The molecule has 1 aromatic heterocycles. The normalized spacial score (nSPS) is 12.4. The number of hydrogen-bond donors (Lipinski definition) is 1. The third-order valence-electron chi connectivity index (χ3n) is 3.26. The maximum absolute atomic E-state index is 6.19. The molecule has 0 amide bonds. The van der Waals surface area contributed by atoms with Gasteiger partial charge in [0.15, 0.2) is 0 Å². The van der Waals surface area contributed by atoms with Gasteiger partial charge in [0.2, 0.25) is 0 Å². The van der Waals surface area contributed by atoms with Crippen molar-refractivity contribution in [3.8, 4) is 5.75 Å². The number of aryl methyl sites for hydroxylation is 1. The SMILES string of the molecule is CCCNC(c1cc(Br)c(C)s1)c1cc(Cl)ccc1OC. The van der Waals surface area contributed by atoms with E-state index in [-0.39, 0.29) is 6.04 Å². The molecular formula is C16H19BrClNOS. The van der Waals surface area contributed by atoms with Crippen molar-refractivity contribution in [2.45, 2.75) is 26.3 Å². The van der Waals surface area contributed by atoms with Gasteiger partial charge in [-0.2, -0.15) is 0 Å². The highest BCUT2D eigenvalue weighted by atomic mass is 79.9. The van der Waals surface area contributed by atoms with Crippen LogP contribution in [0.25, 0.3) is 0 Å². The second-order valence-corrected chi connectivity index (χ2v) is 7.40. The Labute approximate surface area is 143 Å². The van der Waals surface area contributed by atoms with E-state index in [1.807, 2.05) is 18.2 Å². The van der Waals surface area contributed by atoms with Crippen molar-refractivity contribution in [2.24, 2.45) is 0 Å². The molecule has 1 unspecified atom stereocenters. The highest BCUT2D eigenvalue weighted by Crippen LogP contribution is 2.38. The van der Waals surface area contributed by atoms with Gasteiger partial charge in [-0.1, -0.05) is 18.5 Å². The van der Waals surface area contributed by atoms with Crippen molar-refractivity contribution in [2.75, 3.05) is 13.7 Å². The van der Waals surface area contributed by atoms with E-state index in [9.17, 15) is 0 Å². The van der Waals surface area contributed by atoms with Crippen LogP contribution in [0.2, 0.25) is 5.02 Å². The van der Waals surface area contributed by atoms with Gasteiger partial charge < -0.3 is 10.1 Å². The molecule has 21 heavy (non-hydrogen) atoms. The summed E-state index contributed by atoms with van der Waals surface area (Å²) in [7, 11) is 1.69. The molecule has 1 aromatic carbocycles. The molecule has 0 aliphatic carbocycles. The number of benzene rings is 1. The Balaban J connectivity index is 2.47. The van der Waals surface area contributed by atoms with Crippen molar-refractivity contribution in [1.29, 1.82) is 0 Å². The fourth-order valence-corrected chi connectivity index (χ4v) is 4.04. The van der Waals surface area contributed by atoms with Crippen LogP contribution in [0.5, 0.6) is 5.75 Å². The van der Waals surface area contributed by atoms with Crippen LogP contribution in [0, 0.1) is 6.92 Å². The Morgan fingerprint density at radius 1 is 1.38 bits per heavy atom. The lowest BCUT2D eigenvalue weighted by Crippen LogP contribution is -2.23. The monoisotopic (exact) mass is 387 g/mol. The van der Waals surface area contributed by atoms with E-state index in [1.165, 1.54) is 9.75 Å². The molecule has 2 rings (SSSR count). The summed E-state index contributed by atoms with van der Waals surface area (Å²) in [6, 6.07) is 8.03. The van der Waals surface area contributed by atoms with Crippen LogP contribution < -0.4 is 10.1 Å². The number of halogens is 2. The number of ether oxygens (including phenoxy) is 1. The van der Waals surface area contributed by atoms with E-state index in [2.05, 4.69) is 41.2 Å². The van der Waals surface area contributed by atoms with Crippen molar-refractivity contribution in [3.05, 3.63) is 49.1 Å². The molecule has 2 aromatic rings. The predicted molar refractivity (Wildman–Crippen MR) is 94.9 cm³/mol. The predicted octanol–water partition coefficient (Wildman–Crippen LogP) is 5.57. The molecule has 0 saturated carbocycles. The van der Waals surface area contributed by atoms with E-state index < -0.39 is 0 Å². The summed E-state index contributed by atoms with van der Waals surface area (Å²) in [6.45, 7) is 5.22. The van der Waals surface area contributed by atoms with Gasteiger partial charge >= 0.3 is 0 Å². The van der Waals surface area contributed by atoms with Crippen molar-refractivity contribution >= 4 is 38.9 Å². The van der Waals surface area contributed by atoms with Gasteiger partial charge in [-0.25, -0.2) is 0 Å². The lowest BCUT2D eigenvalue weighted by Gasteiger charge is -2.20. The number of hydrogen-bond acceptors (Lipinski definition) is 3. The largest absolute Gasteiger partial charge is 0.496 e. The molecule has 0 bridgehead atoms. The minimum atomic E-state index is 0.0913. The average Bonchev–Trinajstić information content (AvgIpc) is 2.79. The number of nitrogens with one attached hydrogen (secondary N) is 1. The third kappa shape index (κ3) is 4.01. The molecule has 0 aliphatic rings. The summed E-state index contributed by atoms with van der Waals surface area (Å²) in [6.07, 6.45) is 1.07. The third-order valence-corrected chi connectivity index (χ3v) is 5.70. The summed E-state index contributed by atoms with van der Waals surface area (Å²) in [5.74, 6) is 0.857. The first-order valence-corrected chi connectivity index (χ1v) is 8.88. The Morgan fingerprint density at radius 2 is 2.14 bits per heavy atom. The Bertz CT molecular complexity index is 595. The van der Waals surface area contributed by atoms with Crippen LogP contribution in [-0.2, 0) is 0 Å². The first kappa shape index (κ1) is 16.8. The fourth-order valence-electron chi connectivity index (χ4n) is 2.21. The van der Waals surface area contributed by atoms with Crippen LogP contribution in [0.4, 0.5) is 0 Å². The molecular weight excluding hydrogens is 370 g/mol. The molecule has 1 heterocycles. The molecule has 5 heteroatoms. The highest BCUT2D eigenvalue weighted by molar-refractivity contribution is 9.10. The maximum atomic E-state index is 6.19. The second-order valence-electron chi connectivity index (χ2n) is 4.83. The van der Waals surface area contributed by atoms with Crippen LogP contribution in [0.1, 0.15) is 34.7 Å². The van der Waals surface area contributed by atoms with Crippen LogP contribution >= 0.6 is 38.9 Å². The van der Waals surface area contributed by atoms with Crippen LogP contribution in [0.3, 0.4) is 0 Å². The molecule has 114 valence electrons. The minimum absolute atomic E-state index is 0.0913. The summed E-state index contributed by atoms with van der Waals surface area (Å²) in [5, 5.41) is 4.32. The molecule has 0 radical (unpaired) electrons. The number of methoxy groups -OCH3 is 1. The first-order valence-electron chi connectivity index (χ1n) is 6.89. The summed E-state index contributed by atoms with van der Waals surface area (Å²) in [4.78, 5) is 2.53. The molecule has 0 fully saturated rings. The van der Waals surface area contributed by atoms with Gasteiger partial charge in [-0.3, -0.25) is 0 Å². The fraction of sp³-hybridized carbons (Fsp3) is 0.375. The van der Waals surface area contributed by atoms with Crippen molar-refractivity contribution < 1.29 is 4.74 Å². The number of rotatable bonds is 6.